The number of nitrogens with zero attached hydrogens (tertiary/aromatic N) is 1. The Morgan fingerprint density at radius 3 is 2.88 bits per heavy atom. The Morgan fingerprint density at radius 2 is 2.25 bits per heavy atom. The lowest BCUT2D eigenvalue weighted by Crippen LogP contribution is -2.31. The minimum absolute atomic E-state index is 0.0990. The number of carbonyl (C=O) groups excluding carboxylic acids is 2. The van der Waals surface area contributed by atoms with Crippen LogP contribution in [0.2, 0.25) is 5.15 Å². The predicted octanol–water partition coefficient (Wildman–Crippen LogP) is 1.57. The summed E-state index contributed by atoms with van der Waals surface area (Å²) >= 11 is 8.98. The molecule has 5 nitrogen and oxygen atoms in total. The number of aromatic nitrogens is 1. The van der Waals surface area contributed by atoms with Crippen molar-refractivity contribution in [2.75, 3.05) is 11.9 Å². The van der Waals surface area contributed by atoms with E-state index < -0.39 is 0 Å². The molecule has 0 bridgehead atoms. The Hall–Kier alpha value is -1.14. The number of pyridine rings is 1. The normalized spacial score (nSPS) is 9.69. The first-order valence-electron chi connectivity index (χ1n) is 4.34. The zero-order chi connectivity index (χ0) is 12.1. The summed E-state index contributed by atoms with van der Waals surface area (Å²) in [5, 5.41) is 5.10. The number of nitrogens with one attached hydrogen (secondary N) is 2. The predicted molar refractivity (Wildman–Crippen MR) is 64.3 cm³/mol. The lowest BCUT2D eigenvalue weighted by molar-refractivity contribution is -0.122. The zero-order valence-electron chi connectivity index (χ0n) is 8.38. The van der Waals surface area contributed by atoms with Crippen LogP contribution in [0.5, 0.6) is 0 Å². The Balaban J connectivity index is 2.62. The largest absolute Gasteiger partial charge is 0.347 e. The van der Waals surface area contributed by atoms with Crippen molar-refractivity contribution in [3.63, 3.8) is 0 Å². The van der Waals surface area contributed by atoms with E-state index in [4.69, 9.17) is 11.6 Å². The van der Waals surface area contributed by atoms with E-state index in [0.29, 0.717) is 10.2 Å². The lowest BCUT2D eigenvalue weighted by atomic mass is 10.4. The summed E-state index contributed by atoms with van der Waals surface area (Å²) in [7, 11) is 0. The summed E-state index contributed by atoms with van der Waals surface area (Å²) in [5.41, 5.74) is 0.395. The minimum Gasteiger partial charge on any atom is -0.347 e. The monoisotopic (exact) mass is 305 g/mol. The van der Waals surface area contributed by atoms with E-state index in [-0.39, 0.29) is 23.5 Å². The van der Waals surface area contributed by atoms with Crippen molar-refractivity contribution in [3.8, 4) is 0 Å². The van der Waals surface area contributed by atoms with Crippen molar-refractivity contribution in [1.82, 2.24) is 10.3 Å². The molecule has 0 aliphatic heterocycles. The molecule has 2 amide bonds. The van der Waals surface area contributed by atoms with Crippen molar-refractivity contribution in [2.45, 2.75) is 6.92 Å². The molecule has 0 saturated carbocycles. The average Bonchev–Trinajstić information content (AvgIpc) is 2.20. The van der Waals surface area contributed by atoms with Gasteiger partial charge in [0.1, 0.15) is 0 Å². The topological polar surface area (TPSA) is 71.1 Å². The van der Waals surface area contributed by atoms with Gasteiger partial charge in [-0.25, -0.2) is 4.98 Å². The van der Waals surface area contributed by atoms with Crippen molar-refractivity contribution in [1.29, 1.82) is 0 Å². The van der Waals surface area contributed by atoms with Crippen LogP contribution in [-0.2, 0) is 9.59 Å². The van der Waals surface area contributed by atoms with Gasteiger partial charge in [0.15, 0.2) is 5.15 Å². The van der Waals surface area contributed by atoms with Crippen LogP contribution in [0.1, 0.15) is 6.92 Å². The van der Waals surface area contributed by atoms with Crippen LogP contribution in [0.15, 0.2) is 16.7 Å². The van der Waals surface area contributed by atoms with Gasteiger partial charge >= 0.3 is 0 Å². The highest BCUT2D eigenvalue weighted by Crippen LogP contribution is 2.22. The first-order valence-corrected chi connectivity index (χ1v) is 5.51. The molecular formula is C9H9BrClN3O2. The summed E-state index contributed by atoms with van der Waals surface area (Å²) < 4.78 is 0.701. The fourth-order valence-electron chi connectivity index (χ4n) is 0.909. The molecule has 0 aliphatic carbocycles. The van der Waals surface area contributed by atoms with Gasteiger partial charge in [0.05, 0.1) is 12.2 Å². The third-order valence-electron chi connectivity index (χ3n) is 1.58. The Kier molecular flexibility index (Phi) is 4.70. The van der Waals surface area contributed by atoms with E-state index >= 15 is 0 Å². The number of amides is 2. The maximum absolute atomic E-state index is 11.4. The fourth-order valence-corrected chi connectivity index (χ4v) is 1.39. The molecule has 16 heavy (non-hydrogen) atoms. The van der Waals surface area contributed by atoms with Crippen LogP contribution in [0.25, 0.3) is 0 Å². The second-order valence-corrected chi connectivity index (χ2v) is 4.22. The molecule has 1 heterocycles. The zero-order valence-corrected chi connectivity index (χ0v) is 10.7. The summed E-state index contributed by atoms with van der Waals surface area (Å²) in [4.78, 5) is 25.8. The highest BCUT2D eigenvalue weighted by atomic mass is 79.9. The highest BCUT2D eigenvalue weighted by molar-refractivity contribution is 9.10. The van der Waals surface area contributed by atoms with E-state index in [1.807, 2.05) is 0 Å². The number of rotatable bonds is 3. The Morgan fingerprint density at radius 1 is 1.56 bits per heavy atom. The highest BCUT2D eigenvalue weighted by Gasteiger charge is 2.07. The molecule has 0 aliphatic rings. The molecule has 0 fully saturated rings. The van der Waals surface area contributed by atoms with Gasteiger partial charge < -0.3 is 10.6 Å². The smallest absolute Gasteiger partial charge is 0.243 e. The molecule has 0 spiro atoms. The summed E-state index contributed by atoms with van der Waals surface area (Å²) in [6.07, 6.45) is 1.52. The quantitative estimate of drug-likeness (QED) is 0.833. The maximum atomic E-state index is 11.4. The van der Waals surface area contributed by atoms with Gasteiger partial charge in [0.2, 0.25) is 11.8 Å². The number of carbonyl (C=O) groups is 2. The van der Waals surface area contributed by atoms with Crippen molar-refractivity contribution >= 4 is 45.0 Å². The molecule has 0 saturated heterocycles. The molecule has 1 rings (SSSR count). The minimum atomic E-state index is -0.364. The molecule has 0 aromatic carbocycles. The van der Waals surface area contributed by atoms with Crippen LogP contribution in [-0.4, -0.2) is 23.3 Å². The van der Waals surface area contributed by atoms with Crippen LogP contribution in [0.4, 0.5) is 5.69 Å². The van der Waals surface area contributed by atoms with E-state index in [1.165, 1.54) is 13.1 Å². The van der Waals surface area contributed by atoms with Gasteiger partial charge in [-0.05, 0) is 22.0 Å². The van der Waals surface area contributed by atoms with Gasteiger partial charge in [-0.3, -0.25) is 9.59 Å². The number of anilines is 1. The van der Waals surface area contributed by atoms with Gasteiger partial charge in [0.25, 0.3) is 0 Å². The van der Waals surface area contributed by atoms with Crippen LogP contribution < -0.4 is 10.6 Å². The third kappa shape index (κ3) is 4.16. The van der Waals surface area contributed by atoms with E-state index in [0.717, 1.165) is 0 Å². The molecule has 0 unspecified atom stereocenters. The summed E-state index contributed by atoms with van der Waals surface area (Å²) in [6.45, 7) is 1.24. The van der Waals surface area contributed by atoms with E-state index in [9.17, 15) is 9.59 Å². The van der Waals surface area contributed by atoms with Crippen molar-refractivity contribution < 1.29 is 9.59 Å². The number of hydrogen-bond donors (Lipinski definition) is 2. The third-order valence-corrected chi connectivity index (χ3v) is 2.31. The van der Waals surface area contributed by atoms with Gasteiger partial charge in [-0.1, -0.05) is 11.6 Å². The Labute approximate surface area is 106 Å². The first-order chi connectivity index (χ1) is 7.49. The number of hydrogen-bond acceptors (Lipinski definition) is 3. The van der Waals surface area contributed by atoms with Gasteiger partial charge in [-0.2, -0.15) is 0 Å². The van der Waals surface area contributed by atoms with Gasteiger partial charge in [0, 0.05) is 17.6 Å². The van der Waals surface area contributed by atoms with Crippen molar-refractivity contribution in [2.24, 2.45) is 0 Å². The average molecular weight is 307 g/mol. The van der Waals surface area contributed by atoms with E-state index in [1.54, 1.807) is 6.07 Å². The summed E-state index contributed by atoms with van der Waals surface area (Å²) in [5.74, 6) is -0.634. The fraction of sp³-hybridized carbons (Fsp3) is 0.222. The molecule has 0 atom stereocenters. The van der Waals surface area contributed by atoms with Crippen LogP contribution >= 0.6 is 27.5 Å². The van der Waals surface area contributed by atoms with Crippen molar-refractivity contribution in [3.05, 3.63) is 21.9 Å². The standard InChI is InChI=1S/C9H9BrClN3O2/c1-5(15)12-4-8(16)14-7-2-6(10)3-13-9(7)11/h2-3H,4H2,1H3,(H,12,15)(H,14,16). The second kappa shape index (κ2) is 5.81. The maximum Gasteiger partial charge on any atom is 0.243 e. The molecule has 0 radical (unpaired) electrons. The second-order valence-electron chi connectivity index (χ2n) is 2.95. The Bertz CT molecular complexity index is 425. The molecular weight excluding hydrogens is 297 g/mol. The first kappa shape index (κ1) is 12.9. The summed E-state index contributed by atoms with van der Waals surface area (Å²) in [6, 6.07) is 1.63. The van der Waals surface area contributed by atoms with Crippen LogP contribution in [0, 0.1) is 0 Å². The lowest BCUT2D eigenvalue weighted by Gasteiger charge is -2.07. The number of halogens is 2. The molecule has 2 N–H and O–H groups in total. The molecule has 1 aromatic heterocycles. The van der Waals surface area contributed by atoms with Gasteiger partial charge in [-0.15, -0.1) is 0 Å². The molecule has 86 valence electrons. The van der Waals surface area contributed by atoms with E-state index in [2.05, 4.69) is 31.5 Å². The van der Waals surface area contributed by atoms with Crippen LogP contribution in [0.3, 0.4) is 0 Å². The molecule has 7 heteroatoms. The SMILES string of the molecule is CC(=O)NCC(=O)Nc1cc(Br)cnc1Cl. The molecule has 1 aromatic rings.